The third kappa shape index (κ3) is 5.07. The second-order valence-corrected chi connectivity index (χ2v) is 5.57. The van der Waals surface area contributed by atoms with Crippen molar-refractivity contribution < 1.29 is 4.79 Å². The van der Waals surface area contributed by atoms with Gasteiger partial charge in [-0.25, -0.2) is 4.98 Å². The van der Waals surface area contributed by atoms with Gasteiger partial charge in [-0.1, -0.05) is 25.4 Å². The minimum Gasteiger partial charge on any atom is -0.370 e. The number of rotatable bonds is 6. The van der Waals surface area contributed by atoms with Crippen LogP contribution in [0.3, 0.4) is 0 Å². The van der Waals surface area contributed by atoms with Crippen molar-refractivity contribution in [3.05, 3.63) is 22.8 Å². The lowest BCUT2D eigenvalue weighted by Gasteiger charge is -2.24. The maximum atomic E-state index is 12.2. The van der Waals surface area contributed by atoms with Gasteiger partial charge in [-0.2, -0.15) is 0 Å². The standard InChI is InChI=1S/C14H22ClN3O/c1-5-7-16-12-9-10(8-11(15)17-12)13(19)18-14(3,4)6-2/h8-9H,5-7H2,1-4H3,(H,16,17)(H,18,19). The number of hydrogen-bond acceptors (Lipinski definition) is 3. The molecule has 0 aliphatic heterocycles. The van der Waals surface area contributed by atoms with Gasteiger partial charge in [-0.05, 0) is 38.8 Å². The van der Waals surface area contributed by atoms with Gasteiger partial charge in [0.2, 0.25) is 0 Å². The van der Waals surface area contributed by atoms with Crippen LogP contribution in [0, 0.1) is 0 Å². The van der Waals surface area contributed by atoms with Crippen LogP contribution in [0.25, 0.3) is 0 Å². The van der Waals surface area contributed by atoms with E-state index < -0.39 is 0 Å². The van der Waals surface area contributed by atoms with Gasteiger partial charge in [-0.15, -0.1) is 0 Å². The molecule has 1 rings (SSSR count). The Labute approximate surface area is 120 Å². The van der Waals surface area contributed by atoms with Crippen LogP contribution in [0.1, 0.15) is 50.9 Å². The molecule has 1 amide bonds. The van der Waals surface area contributed by atoms with Crippen molar-refractivity contribution in [1.82, 2.24) is 10.3 Å². The largest absolute Gasteiger partial charge is 0.370 e. The van der Waals surface area contributed by atoms with Crippen molar-refractivity contribution >= 4 is 23.3 Å². The van der Waals surface area contributed by atoms with Crippen LogP contribution in [-0.4, -0.2) is 23.0 Å². The third-order valence-electron chi connectivity index (χ3n) is 2.95. The van der Waals surface area contributed by atoms with E-state index in [2.05, 4.69) is 22.5 Å². The van der Waals surface area contributed by atoms with E-state index in [1.807, 2.05) is 20.8 Å². The Hall–Kier alpha value is -1.29. The Balaban J connectivity index is 2.87. The normalized spacial score (nSPS) is 11.2. The SMILES string of the molecule is CCCNc1cc(C(=O)NC(C)(C)CC)cc(Cl)n1. The first-order chi connectivity index (χ1) is 8.88. The zero-order valence-corrected chi connectivity index (χ0v) is 12.8. The molecule has 0 unspecified atom stereocenters. The molecule has 0 radical (unpaired) electrons. The third-order valence-corrected chi connectivity index (χ3v) is 3.14. The Morgan fingerprint density at radius 3 is 2.63 bits per heavy atom. The highest BCUT2D eigenvalue weighted by Gasteiger charge is 2.19. The molecule has 0 spiro atoms. The second-order valence-electron chi connectivity index (χ2n) is 5.18. The van der Waals surface area contributed by atoms with Gasteiger partial charge in [-0.3, -0.25) is 4.79 Å². The highest BCUT2D eigenvalue weighted by Crippen LogP contribution is 2.16. The lowest BCUT2D eigenvalue weighted by Crippen LogP contribution is -2.42. The lowest BCUT2D eigenvalue weighted by atomic mass is 10.0. The van der Waals surface area contributed by atoms with Crippen molar-refractivity contribution in [2.45, 2.75) is 46.1 Å². The number of nitrogens with one attached hydrogen (secondary N) is 2. The molecule has 106 valence electrons. The van der Waals surface area contributed by atoms with E-state index in [0.29, 0.717) is 16.5 Å². The second kappa shape index (κ2) is 6.75. The topological polar surface area (TPSA) is 54.0 Å². The number of carbonyl (C=O) groups excluding carboxylic acids is 1. The van der Waals surface area contributed by atoms with Gasteiger partial charge in [0.05, 0.1) is 0 Å². The van der Waals surface area contributed by atoms with Gasteiger partial charge in [0.1, 0.15) is 11.0 Å². The average Bonchev–Trinajstić information content (AvgIpc) is 2.35. The molecule has 0 atom stereocenters. The van der Waals surface area contributed by atoms with Crippen LogP contribution in [0.2, 0.25) is 5.15 Å². The summed E-state index contributed by atoms with van der Waals surface area (Å²) < 4.78 is 0. The molecule has 0 fully saturated rings. The highest BCUT2D eigenvalue weighted by atomic mass is 35.5. The molecule has 4 nitrogen and oxygen atoms in total. The maximum Gasteiger partial charge on any atom is 0.251 e. The van der Waals surface area contributed by atoms with Crippen LogP contribution in [0.5, 0.6) is 0 Å². The number of anilines is 1. The minimum atomic E-state index is -0.232. The van der Waals surface area contributed by atoms with Gasteiger partial charge in [0, 0.05) is 17.6 Å². The first-order valence-electron chi connectivity index (χ1n) is 6.62. The van der Waals surface area contributed by atoms with Crippen molar-refractivity contribution in [2.75, 3.05) is 11.9 Å². The summed E-state index contributed by atoms with van der Waals surface area (Å²) in [5.41, 5.74) is 0.296. The van der Waals surface area contributed by atoms with Crippen molar-refractivity contribution in [3.63, 3.8) is 0 Å². The van der Waals surface area contributed by atoms with Gasteiger partial charge < -0.3 is 10.6 Å². The van der Waals surface area contributed by atoms with Crippen LogP contribution in [0.4, 0.5) is 5.82 Å². The summed E-state index contributed by atoms with van der Waals surface area (Å²) in [7, 11) is 0. The molecule has 0 aliphatic rings. The van der Waals surface area contributed by atoms with Crippen LogP contribution >= 0.6 is 11.6 Å². The van der Waals surface area contributed by atoms with E-state index in [0.717, 1.165) is 19.4 Å². The number of hydrogen-bond donors (Lipinski definition) is 2. The van der Waals surface area contributed by atoms with Gasteiger partial charge >= 0.3 is 0 Å². The molecular weight excluding hydrogens is 262 g/mol. The Morgan fingerprint density at radius 1 is 1.37 bits per heavy atom. The van der Waals surface area contributed by atoms with E-state index in [-0.39, 0.29) is 11.4 Å². The minimum absolute atomic E-state index is 0.129. The Morgan fingerprint density at radius 2 is 2.05 bits per heavy atom. The Kier molecular flexibility index (Phi) is 5.60. The maximum absolute atomic E-state index is 12.2. The quantitative estimate of drug-likeness (QED) is 0.786. The number of halogens is 1. The zero-order valence-electron chi connectivity index (χ0n) is 12.0. The molecule has 5 heteroatoms. The predicted octanol–water partition coefficient (Wildman–Crippen LogP) is 3.48. The number of amides is 1. The van der Waals surface area contributed by atoms with Crippen LogP contribution in [-0.2, 0) is 0 Å². The summed E-state index contributed by atoms with van der Waals surface area (Å²) in [6.07, 6.45) is 1.84. The molecule has 1 aromatic rings. The molecule has 1 aromatic heterocycles. The molecule has 1 heterocycles. The highest BCUT2D eigenvalue weighted by molar-refractivity contribution is 6.29. The fourth-order valence-electron chi connectivity index (χ4n) is 1.44. The van der Waals surface area contributed by atoms with Crippen LogP contribution in [0.15, 0.2) is 12.1 Å². The fraction of sp³-hybridized carbons (Fsp3) is 0.571. The molecule has 0 bridgehead atoms. The number of nitrogens with zero attached hydrogens (tertiary/aromatic N) is 1. The molecule has 19 heavy (non-hydrogen) atoms. The summed E-state index contributed by atoms with van der Waals surface area (Å²) in [6, 6.07) is 3.31. The molecule has 0 saturated heterocycles. The summed E-state index contributed by atoms with van der Waals surface area (Å²) in [5, 5.41) is 6.43. The fourth-order valence-corrected chi connectivity index (χ4v) is 1.65. The number of pyridine rings is 1. The molecule has 0 aliphatic carbocycles. The average molecular weight is 284 g/mol. The smallest absolute Gasteiger partial charge is 0.251 e. The molecular formula is C14H22ClN3O. The van der Waals surface area contributed by atoms with E-state index in [1.54, 1.807) is 12.1 Å². The van der Waals surface area contributed by atoms with Gasteiger partial charge in [0.25, 0.3) is 5.91 Å². The van der Waals surface area contributed by atoms with Crippen molar-refractivity contribution in [3.8, 4) is 0 Å². The number of aromatic nitrogens is 1. The molecule has 2 N–H and O–H groups in total. The summed E-state index contributed by atoms with van der Waals surface area (Å²) in [4.78, 5) is 16.3. The van der Waals surface area contributed by atoms with E-state index in [9.17, 15) is 4.79 Å². The van der Waals surface area contributed by atoms with Crippen LogP contribution < -0.4 is 10.6 Å². The molecule has 0 saturated carbocycles. The van der Waals surface area contributed by atoms with E-state index in [4.69, 9.17) is 11.6 Å². The Bertz CT molecular complexity index is 446. The van der Waals surface area contributed by atoms with Crippen molar-refractivity contribution in [2.24, 2.45) is 0 Å². The zero-order chi connectivity index (χ0) is 14.5. The first kappa shape index (κ1) is 15.8. The summed E-state index contributed by atoms with van der Waals surface area (Å²) in [5.74, 6) is 0.504. The van der Waals surface area contributed by atoms with E-state index >= 15 is 0 Å². The first-order valence-corrected chi connectivity index (χ1v) is 6.99. The predicted molar refractivity (Wildman–Crippen MR) is 79.9 cm³/mol. The molecule has 0 aromatic carbocycles. The summed E-state index contributed by atoms with van der Waals surface area (Å²) >= 11 is 5.95. The number of carbonyl (C=O) groups is 1. The summed E-state index contributed by atoms with van der Waals surface area (Å²) in [6.45, 7) is 8.88. The van der Waals surface area contributed by atoms with Gasteiger partial charge in [0.15, 0.2) is 0 Å². The lowest BCUT2D eigenvalue weighted by molar-refractivity contribution is 0.0911. The van der Waals surface area contributed by atoms with Crippen molar-refractivity contribution in [1.29, 1.82) is 0 Å². The monoisotopic (exact) mass is 283 g/mol. The van der Waals surface area contributed by atoms with E-state index in [1.165, 1.54) is 0 Å².